The molecule has 0 saturated heterocycles. The summed E-state index contributed by atoms with van der Waals surface area (Å²) in [4.78, 5) is 24.7. The molecule has 3 aromatic rings. The van der Waals surface area contributed by atoms with Crippen LogP contribution in [0.3, 0.4) is 0 Å². The molecule has 1 aliphatic rings. The van der Waals surface area contributed by atoms with E-state index < -0.39 is 17.5 Å². The number of carbonyl (C=O) groups is 2. The fourth-order valence-corrected chi connectivity index (χ4v) is 3.08. The summed E-state index contributed by atoms with van der Waals surface area (Å²) >= 11 is 0. The Labute approximate surface area is 159 Å². The molecule has 5 nitrogen and oxygen atoms in total. The predicted octanol–water partition coefficient (Wildman–Crippen LogP) is 4.51. The monoisotopic (exact) mass is 384 g/mol. The molecule has 4 rings (SSSR count). The molecule has 0 aliphatic heterocycles. The van der Waals surface area contributed by atoms with Crippen LogP contribution in [-0.2, 0) is 11.3 Å². The number of halogens is 2. The number of nitrogens with one attached hydrogen (secondary N) is 1. The number of benzene rings is 2. The number of aromatic nitrogens is 1. The summed E-state index contributed by atoms with van der Waals surface area (Å²) in [6.07, 6.45) is 3.34. The van der Waals surface area contributed by atoms with Crippen LogP contribution >= 0.6 is 0 Å². The van der Waals surface area contributed by atoms with Crippen LogP contribution in [0.5, 0.6) is 5.75 Å². The average molecular weight is 384 g/mol. The van der Waals surface area contributed by atoms with Crippen LogP contribution in [0.1, 0.15) is 30.1 Å². The van der Waals surface area contributed by atoms with E-state index in [1.54, 1.807) is 24.4 Å². The fourth-order valence-electron chi connectivity index (χ4n) is 3.08. The molecular weight excluding hydrogens is 366 g/mol. The van der Waals surface area contributed by atoms with E-state index in [1.165, 1.54) is 6.07 Å². The topological polar surface area (TPSA) is 60.3 Å². The number of anilines is 1. The molecule has 2 aromatic carbocycles. The number of aryl methyl sites for hydroxylation is 1. The first-order valence-electron chi connectivity index (χ1n) is 9.07. The molecular formula is C21H18F2N2O3. The highest BCUT2D eigenvalue weighted by atomic mass is 19.1. The maximum absolute atomic E-state index is 13.9. The van der Waals surface area contributed by atoms with Gasteiger partial charge in [0.05, 0.1) is 17.2 Å². The van der Waals surface area contributed by atoms with Crippen molar-refractivity contribution >= 4 is 28.5 Å². The molecule has 1 N–H and O–H groups in total. The van der Waals surface area contributed by atoms with Gasteiger partial charge >= 0.3 is 5.97 Å². The Morgan fingerprint density at radius 1 is 1.18 bits per heavy atom. The number of hydrogen-bond donors (Lipinski definition) is 1. The van der Waals surface area contributed by atoms with E-state index in [4.69, 9.17) is 4.74 Å². The highest BCUT2D eigenvalue weighted by molar-refractivity contribution is 6.13. The summed E-state index contributed by atoms with van der Waals surface area (Å²) in [6.45, 7) is 2.55. The Kier molecular flexibility index (Phi) is 4.58. The summed E-state index contributed by atoms with van der Waals surface area (Å²) in [5.41, 5.74) is 0.989. The molecule has 1 heterocycles. The predicted molar refractivity (Wildman–Crippen MR) is 100 cm³/mol. The Hall–Kier alpha value is -3.22. The molecule has 1 aromatic heterocycles. The van der Waals surface area contributed by atoms with Crippen molar-refractivity contribution in [3.8, 4) is 5.75 Å². The minimum absolute atomic E-state index is 0.0415. The maximum Gasteiger partial charge on any atom is 0.314 e. The summed E-state index contributed by atoms with van der Waals surface area (Å²) in [5.74, 6) is -2.06. The van der Waals surface area contributed by atoms with Gasteiger partial charge in [0.1, 0.15) is 17.4 Å². The largest absolute Gasteiger partial charge is 0.426 e. The van der Waals surface area contributed by atoms with Crippen molar-refractivity contribution < 1.29 is 23.1 Å². The van der Waals surface area contributed by atoms with E-state index in [0.717, 1.165) is 24.4 Å². The first-order chi connectivity index (χ1) is 13.5. The highest BCUT2D eigenvalue weighted by Crippen LogP contribution is 2.32. The molecule has 0 bridgehead atoms. The maximum atomic E-state index is 13.9. The zero-order valence-electron chi connectivity index (χ0n) is 15.2. The van der Waals surface area contributed by atoms with Gasteiger partial charge in [-0.05, 0) is 50.1 Å². The number of ether oxygens (including phenoxy) is 1. The van der Waals surface area contributed by atoms with Gasteiger partial charge in [0.15, 0.2) is 0 Å². The second-order valence-electron chi connectivity index (χ2n) is 6.78. The van der Waals surface area contributed by atoms with Crippen molar-refractivity contribution in [1.29, 1.82) is 0 Å². The number of fused-ring (bicyclic) bond motifs is 1. The van der Waals surface area contributed by atoms with E-state index in [-0.39, 0.29) is 17.6 Å². The second kappa shape index (κ2) is 7.07. The number of hydrogen-bond acceptors (Lipinski definition) is 3. The standard InChI is InChI=1S/C21H18F2N2O3/c1-2-25-11-16(20(26)24-18-7-5-13(22)9-17(18)23)15-10-14(6-8-19(15)25)28-21(27)12-3-4-12/h5-12H,2-4H2,1H3,(H,24,26). The first kappa shape index (κ1) is 18.2. The van der Waals surface area contributed by atoms with Gasteiger partial charge in [0, 0.05) is 29.7 Å². The smallest absolute Gasteiger partial charge is 0.314 e. The molecule has 0 unspecified atom stereocenters. The number of rotatable bonds is 5. The molecule has 1 amide bonds. The van der Waals surface area contributed by atoms with Gasteiger partial charge in [0.25, 0.3) is 5.91 Å². The minimum atomic E-state index is -0.855. The van der Waals surface area contributed by atoms with Crippen LogP contribution in [-0.4, -0.2) is 16.4 Å². The lowest BCUT2D eigenvalue weighted by molar-refractivity contribution is -0.135. The van der Waals surface area contributed by atoms with Crippen molar-refractivity contribution in [2.24, 2.45) is 5.92 Å². The Balaban J connectivity index is 1.67. The van der Waals surface area contributed by atoms with Crippen LogP contribution in [0, 0.1) is 17.6 Å². The van der Waals surface area contributed by atoms with E-state index in [1.807, 2.05) is 11.5 Å². The molecule has 7 heteroatoms. The normalized spacial score (nSPS) is 13.5. The van der Waals surface area contributed by atoms with Crippen LogP contribution in [0.15, 0.2) is 42.6 Å². The summed E-state index contributed by atoms with van der Waals surface area (Å²) in [5, 5.41) is 3.06. The van der Waals surface area contributed by atoms with Crippen LogP contribution < -0.4 is 10.1 Å². The number of nitrogens with zero attached hydrogens (tertiary/aromatic N) is 1. The molecule has 1 saturated carbocycles. The van der Waals surface area contributed by atoms with Gasteiger partial charge in [-0.2, -0.15) is 0 Å². The SMILES string of the molecule is CCn1cc(C(=O)Nc2ccc(F)cc2F)c2cc(OC(=O)C3CC3)ccc21. The van der Waals surface area contributed by atoms with Crippen LogP contribution in [0.2, 0.25) is 0 Å². The Morgan fingerprint density at radius 3 is 2.64 bits per heavy atom. The summed E-state index contributed by atoms with van der Waals surface area (Å²) < 4.78 is 34.2. The average Bonchev–Trinajstić information content (AvgIpc) is 3.45. The molecule has 28 heavy (non-hydrogen) atoms. The number of amides is 1. The molecule has 144 valence electrons. The molecule has 1 aliphatic carbocycles. The van der Waals surface area contributed by atoms with Crippen molar-refractivity contribution in [3.63, 3.8) is 0 Å². The van der Waals surface area contributed by atoms with Gasteiger partial charge in [0.2, 0.25) is 0 Å². The molecule has 0 spiro atoms. The van der Waals surface area contributed by atoms with Crippen LogP contribution in [0.25, 0.3) is 10.9 Å². The third kappa shape index (κ3) is 3.47. The first-order valence-corrected chi connectivity index (χ1v) is 9.07. The minimum Gasteiger partial charge on any atom is -0.426 e. The summed E-state index contributed by atoms with van der Waals surface area (Å²) in [6, 6.07) is 8.06. The molecule has 1 fully saturated rings. The van der Waals surface area contributed by atoms with Crippen LogP contribution in [0.4, 0.5) is 14.5 Å². The number of carbonyl (C=O) groups excluding carboxylic acids is 2. The quantitative estimate of drug-likeness (QED) is 0.520. The Morgan fingerprint density at radius 2 is 1.96 bits per heavy atom. The lowest BCUT2D eigenvalue weighted by atomic mass is 10.1. The Bertz CT molecular complexity index is 1090. The van der Waals surface area contributed by atoms with Crippen molar-refractivity contribution in [3.05, 3.63) is 59.8 Å². The summed E-state index contributed by atoms with van der Waals surface area (Å²) in [7, 11) is 0. The zero-order chi connectivity index (χ0) is 19.8. The third-order valence-corrected chi connectivity index (χ3v) is 4.75. The van der Waals surface area contributed by atoms with Crippen molar-refractivity contribution in [2.45, 2.75) is 26.3 Å². The van der Waals surface area contributed by atoms with E-state index in [0.29, 0.717) is 29.3 Å². The number of esters is 1. The van der Waals surface area contributed by atoms with Gasteiger partial charge in [-0.3, -0.25) is 9.59 Å². The lowest BCUT2D eigenvalue weighted by Gasteiger charge is -2.07. The zero-order valence-corrected chi connectivity index (χ0v) is 15.2. The molecule has 0 atom stereocenters. The van der Waals surface area contributed by atoms with Gasteiger partial charge in [-0.25, -0.2) is 8.78 Å². The van der Waals surface area contributed by atoms with Gasteiger partial charge < -0.3 is 14.6 Å². The van der Waals surface area contributed by atoms with E-state index >= 15 is 0 Å². The van der Waals surface area contributed by atoms with Gasteiger partial charge in [-0.1, -0.05) is 0 Å². The fraction of sp³-hybridized carbons (Fsp3) is 0.238. The second-order valence-corrected chi connectivity index (χ2v) is 6.78. The van der Waals surface area contributed by atoms with Gasteiger partial charge in [-0.15, -0.1) is 0 Å². The van der Waals surface area contributed by atoms with E-state index in [2.05, 4.69) is 5.32 Å². The molecule has 0 radical (unpaired) electrons. The van der Waals surface area contributed by atoms with E-state index in [9.17, 15) is 18.4 Å². The lowest BCUT2D eigenvalue weighted by Crippen LogP contribution is -2.13. The van der Waals surface area contributed by atoms with Crippen molar-refractivity contribution in [2.75, 3.05) is 5.32 Å². The van der Waals surface area contributed by atoms with Crippen molar-refractivity contribution in [1.82, 2.24) is 4.57 Å². The third-order valence-electron chi connectivity index (χ3n) is 4.75. The highest BCUT2D eigenvalue weighted by Gasteiger charge is 2.31.